The Labute approximate surface area is 187 Å². The maximum Gasteiger partial charge on any atom is 0.0300 e. The van der Waals surface area contributed by atoms with Crippen LogP contribution in [0.5, 0.6) is 0 Å². The Bertz CT molecular complexity index is 929. The minimum Gasteiger partial charge on any atom is -0.126 e. The largest absolute Gasteiger partial charge is 0.126 e. The van der Waals surface area contributed by atoms with Crippen molar-refractivity contribution in [3.8, 4) is 0 Å². The second-order valence-electron chi connectivity index (χ2n) is 7.13. The van der Waals surface area contributed by atoms with Crippen LogP contribution in [0.15, 0.2) is 121 Å². The summed E-state index contributed by atoms with van der Waals surface area (Å²) in [5, 5.41) is 5.65. The summed E-state index contributed by atoms with van der Waals surface area (Å²) in [6, 6.07) is 43.8. The molecule has 0 aliphatic carbocycles. The van der Waals surface area contributed by atoms with E-state index < -0.39 is 15.8 Å². The van der Waals surface area contributed by atoms with Crippen LogP contribution in [-0.4, -0.2) is 17.7 Å². The third kappa shape index (κ3) is 5.19. The van der Waals surface area contributed by atoms with Gasteiger partial charge in [-0.15, -0.1) is 11.6 Å². The van der Waals surface area contributed by atoms with E-state index in [1.807, 2.05) is 0 Å². The molecule has 0 saturated carbocycles. The van der Waals surface area contributed by atoms with Crippen molar-refractivity contribution in [2.75, 3.05) is 12.0 Å². The van der Waals surface area contributed by atoms with Crippen LogP contribution in [0.3, 0.4) is 0 Å². The van der Waals surface area contributed by atoms with E-state index in [1.165, 1.54) is 21.2 Å². The van der Waals surface area contributed by atoms with Gasteiger partial charge in [-0.1, -0.05) is 121 Å². The van der Waals surface area contributed by atoms with Crippen molar-refractivity contribution in [2.45, 2.75) is 5.66 Å². The van der Waals surface area contributed by atoms with Crippen molar-refractivity contribution < 1.29 is 0 Å². The molecule has 3 heteroatoms. The third-order valence-corrected chi connectivity index (χ3v) is 11.5. The van der Waals surface area contributed by atoms with Gasteiger partial charge in [0, 0.05) is 11.5 Å². The van der Waals surface area contributed by atoms with Gasteiger partial charge >= 0.3 is 0 Å². The highest BCUT2D eigenvalue weighted by Gasteiger charge is 2.28. The molecule has 4 aromatic rings. The monoisotopic (exact) mass is 446 g/mol. The summed E-state index contributed by atoms with van der Waals surface area (Å²) in [5.41, 5.74) is 0.401. The Morgan fingerprint density at radius 1 is 0.500 bits per heavy atom. The van der Waals surface area contributed by atoms with Crippen LogP contribution in [0, 0.1) is 0 Å². The SMILES string of the molecule is ClCC(CP(c1ccccc1)c1ccccc1)P(c1ccccc1)c1ccccc1. The fourth-order valence-electron chi connectivity index (χ4n) is 3.73. The van der Waals surface area contributed by atoms with Gasteiger partial charge in [-0.2, -0.15) is 0 Å². The Balaban J connectivity index is 1.74. The lowest BCUT2D eigenvalue weighted by Gasteiger charge is -2.31. The minimum absolute atomic E-state index is 0.401. The molecule has 0 heterocycles. The molecule has 0 aliphatic rings. The summed E-state index contributed by atoms with van der Waals surface area (Å²) in [7, 11) is -1.02. The van der Waals surface area contributed by atoms with Crippen molar-refractivity contribution in [2.24, 2.45) is 0 Å². The number of halogens is 1. The molecule has 30 heavy (non-hydrogen) atoms. The van der Waals surface area contributed by atoms with E-state index in [1.54, 1.807) is 0 Å². The lowest BCUT2D eigenvalue weighted by atomic mass is 10.4. The van der Waals surface area contributed by atoms with E-state index in [0.717, 1.165) is 6.16 Å². The summed E-state index contributed by atoms with van der Waals surface area (Å²) in [6.45, 7) is 0. The Hall–Kier alpha value is -1.97. The van der Waals surface area contributed by atoms with Crippen molar-refractivity contribution in [1.29, 1.82) is 0 Å². The normalized spacial score (nSPS) is 12.2. The molecule has 0 N–H and O–H groups in total. The number of hydrogen-bond acceptors (Lipinski definition) is 0. The van der Waals surface area contributed by atoms with Gasteiger partial charge in [-0.3, -0.25) is 0 Å². The van der Waals surface area contributed by atoms with Crippen molar-refractivity contribution in [3.63, 3.8) is 0 Å². The van der Waals surface area contributed by atoms with Crippen molar-refractivity contribution >= 4 is 48.7 Å². The zero-order valence-electron chi connectivity index (χ0n) is 16.8. The molecule has 1 atom stereocenters. The van der Waals surface area contributed by atoms with E-state index in [-0.39, 0.29) is 0 Å². The Morgan fingerprint density at radius 2 is 0.833 bits per heavy atom. The van der Waals surface area contributed by atoms with E-state index in [2.05, 4.69) is 121 Å². The summed E-state index contributed by atoms with van der Waals surface area (Å²) in [6.07, 6.45) is 1.09. The first kappa shape index (κ1) is 21.3. The van der Waals surface area contributed by atoms with Gasteiger partial charge < -0.3 is 0 Å². The van der Waals surface area contributed by atoms with Crippen LogP contribution in [-0.2, 0) is 0 Å². The average Bonchev–Trinajstić information content (AvgIpc) is 2.84. The van der Waals surface area contributed by atoms with Gasteiger partial charge in [-0.25, -0.2) is 0 Å². The zero-order chi connectivity index (χ0) is 20.6. The first-order chi connectivity index (χ1) is 14.9. The van der Waals surface area contributed by atoms with E-state index >= 15 is 0 Å². The maximum atomic E-state index is 6.71. The van der Waals surface area contributed by atoms with Gasteiger partial charge in [0.05, 0.1) is 0 Å². The van der Waals surface area contributed by atoms with Gasteiger partial charge in [-0.05, 0) is 43.2 Å². The summed E-state index contributed by atoms with van der Waals surface area (Å²) < 4.78 is 0. The molecule has 4 rings (SSSR count). The highest BCUT2D eigenvalue weighted by atomic mass is 35.5. The Kier molecular flexibility index (Phi) is 7.71. The Morgan fingerprint density at radius 3 is 1.17 bits per heavy atom. The summed E-state index contributed by atoms with van der Waals surface area (Å²) in [4.78, 5) is 0. The van der Waals surface area contributed by atoms with E-state index in [0.29, 0.717) is 11.5 Å². The summed E-state index contributed by atoms with van der Waals surface area (Å²) in [5.74, 6) is 0.661. The highest BCUT2D eigenvalue weighted by Crippen LogP contribution is 2.46. The molecule has 0 amide bonds. The maximum absolute atomic E-state index is 6.71. The third-order valence-electron chi connectivity index (χ3n) is 5.14. The molecule has 0 saturated heterocycles. The molecule has 150 valence electrons. The topological polar surface area (TPSA) is 0 Å². The fourth-order valence-corrected chi connectivity index (χ4v) is 10.2. The quantitative estimate of drug-likeness (QED) is 0.235. The standard InChI is InChI=1S/C27H25ClP2/c28-21-27(30(25-17-9-3-10-18-25)26-19-11-4-12-20-26)22-29(23-13-5-1-6-14-23)24-15-7-2-8-16-24/h1-20,27H,21-22H2. The zero-order valence-corrected chi connectivity index (χ0v) is 19.4. The number of alkyl halides is 1. The molecule has 0 bridgehead atoms. The van der Waals surface area contributed by atoms with Gasteiger partial charge in [0.2, 0.25) is 0 Å². The van der Waals surface area contributed by atoms with E-state index in [4.69, 9.17) is 11.6 Å². The van der Waals surface area contributed by atoms with Crippen LogP contribution in [0.2, 0.25) is 0 Å². The average molecular weight is 447 g/mol. The highest BCUT2D eigenvalue weighted by molar-refractivity contribution is 7.77. The molecule has 0 aromatic heterocycles. The van der Waals surface area contributed by atoms with Crippen LogP contribution in [0.1, 0.15) is 0 Å². The number of benzene rings is 4. The lowest BCUT2D eigenvalue weighted by Crippen LogP contribution is -2.28. The second-order valence-corrected chi connectivity index (χ2v) is 12.2. The summed E-state index contributed by atoms with van der Waals surface area (Å²) >= 11 is 6.71. The van der Waals surface area contributed by atoms with Crippen LogP contribution in [0.25, 0.3) is 0 Å². The van der Waals surface area contributed by atoms with Crippen molar-refractivity contribution in [1.82, 2.24) is 0 Å². The predicted octanol–water partition coefficient (Wildman–Crippen LogP) is 5.86. The minimum atomic E-state index is -0.543. The number of hydrogen-bond donors (Lipinski definition) is 0. The molecule has 0 fully saturated rings. The number of rotatable bonds is 8. The van der Waals surface area contributed by atoms with Gasteiger partial charge in [0.25, 0.3) is 0 Å². The molecule has 0 aliphatic heterocycles. The second kappa shape index (κ2) is 10.9. The van der Waals surface area contributed by atoms with Gasteiger partial charge in [0.1, 0.15) is 0 Å². The van der Waals surface area contributed by atoms with E-state index in [9.17, 15) is 0 Å². The first-order valence-electron chi connectivity index (χ1n) is 10.2. The van der Waals surface area contributed by atoms with Gasteiger partial charge in [0.15, 0.2) is 0 Å². The lowest BCUT2D eigenvalue weighted by molar-refractivity contribution is 1.12. The van der Waals surface area contributed by atoms with Crippen LogP contribution in [0.4, 0.5) is 0 Å². The molecule has 1 unspecified atom stereocenters. The molecule has 0 spiro atoms. The van der Waals surface area contributed by atoms with Crippen LogP contribution < -0.4 is 21.2 Å². The molecular formula is C27H25ClP2. The molecule has 4 aromatic carbocycles. The fraction of sp³-hybridized carbons (Fsp3) is 0.111. The smallest absolute Gasteiger partial charge is 0.0300 e. The molecular weight excluding hydrogens is 422 g/mol. The predicted molar refractivity (Wildman–Crippen MR) is 138 cm³/mol. The van der Waals surface area contributed by atoms with Crippen molar-refractivity contribution in [3.05, 3.63) is 121 Å². The molecule has 0 nitrogen and oxygen atoms in total. The first-order valence-corrected chi connectivity index (χ1v) is 13.7. The molecule has 0 radical (unpaired) electrons. The van der Waals surface area contributed by atoms with Crippen LogP contribution >= 0.6 is 27.4 Å².